The second-order valence-electron chi connectivity index (χ2n) is 5.72. The summed E-state index contributed by atoms with van der Waals surface area (Å²) in [4.78, 5) is 0. The molecule has 1 heterocycles. The summed E-state index contributed by atoms with van der Waals surface area (Å²) in [7, 11) is -3.27. The van der Waals surface area contributed by atoms with Crippen LogP contribution in [0.25, 0.3) is 0 Å². The van der Waals surface area contributed by atoms with Gasteiger partial charge in [0.15, 0.2) is 0 Å². The summed E-state index contributed by atoms with van der Waals surface area (Å²) in [6, 6.07) is 0.695. The Morgan fingerprint density at radius 1 is 1.22 bits per heavy atom. The fraction of sp³-hybridized carbons (Fsp3) is 1.00. The fourth-order valence-electron chi connectivity index (χ4n) is 2.35. The van der Waals surface area contributed by atoms with Crippen LogP contribution >= 0.6 is 0 Å². The molecule has 1 unspecified atom stereocenters. The van der Waals surface area contributed by atoms with E-state index < -0.39 is 10.2 Å². The average molecular weight is 275 g/mol. The maximum Gasteiger partial charge on any atom is 0.279 e. The van der Waals surface area contributed by atoms with E-state index in [0.29, 0.717) is 12.6 Å². The largest absolute Gasteiger partial charge is 0.313 e. The molecule has 18 heavy (non-hydrogen) atoms. The fourth-order valence-corrected chi connectivity index (χ4v) is 4.08. The maximum atomic E-state index is 12.3. The number of piperidine rings is 1. The molecule has 1 saturated heterocycles. The van der Waals surface area contributed by atoms with Gasteiger partial charge in [0.2, 0.25) is 0 Å². The van der Waals surface area contributed by atoms with Crippen LogP contribution < -0.4 is 10.0 Å². The predicted molar refractivity (Wildman–Crippen MR) is 72.6 cm³/mol. The summed E-state index contributed by atoms with van der Waals surface area (Å²) < 4.78 is 29.0. The molecule has 1 aliphatic heterocycles. The molecule has 1 saturated carbocycles. The molecule has 0 radical (unpaired) electrons. The van der Waals surface area contributed by atoms with Gasteiger partial charge >= 0.3 is 0 Å². The number of rotatable bonds is 6. The quantitative estimate of drug-likeness (QED) is 0.755. The Morgan fingerprint density at radius 2 is 1.94 bits per heavy atom. The van der Waals surface area contributed by atoms with Gasteiger partial charge < -0.3 is 5.32 Å². The molecule has 0 aromatic carbocycles. The van der Waals surface area contributed by atoms with Gasteiger partial charge in [-0.05, 0) is 25.7 Å². The van der Waals surface area contributed by atoms with Gasteiger partial charge in [0.05, 0.1) is 0 Å². The van der Waals surface area contributed by atoms with E-state index in [4.69, 9.17) is 0 Å². The number of nitrogens with one attached hydrogen (secondary N) is 2. The molecule has 2 aliphatic rings. The van der Waals surface area contributed by atoms with Crippen molar-refractivity contribution in [1.82, 2.24) is 14.3 Å². The van der Waals surface area contributed by atoms with E-state index in [0.717, 1.165) is 38.6 Å². The molecule has 1 aliphatic carbocycles. The van der Waals surface area contributed by atoms with Gasteiger partial charge in [-0.2, -0.15) is 17.4 Å². The van der Waals surface area contributed by atoms with Crippen molar-refractivity contribution in [3.8, 4) is 0 Å². The van der Waals surface area contributed by atoms with Crippen molar-refractivity contribution < 1.29 is 8.42 Å². The molecular weight excluding hydrogens is 250 g/mol. The smallest absolute Gasteiger partial charge is 0.279 e. The van der Waals surface area contributed by atoms with Gasteiger partial charge in [0.25, 0.3) is 10.2 Å². The predicted octanol–water partition coefficient (Wildman–Crippen LogP) is 0.836. The second kappa shape index (κ2) is 5.86. The highest BCUT2D eigenvalue weighted by Crippen LogP contribution is 2.24. The highest BCUT2D eigenvalue weighted by Gasteiger charge is 2.35. The van der Waals surface area contributed by atoms with Crippen LogP contribution in [0.5, 0.6) is 0 Å². The molecule has 1 atom stereocenters. The first-order valence-electron chi connectivity index (χ1n) is 7.01. The van der Waals surface area contributed by atoms with Crippen molar-refractivity contribution in [3.05, 3.63) is 0 Å². The number of nitrogens with zero attached hydrogens (tertiary/aromatic N) is 1. The van der Waals surface area contributed by atoms with Crippen molar-refractivity contribution in [3.63, 3.8) is 0 Å². The molecule has 0 bridgehead atoms. The zero-order valence-electron chi connectivity index (χ0n) is 11.4. The lowest BCUT2D eigenvalue weighted by atomic mass is 10.0. The Hall–Kier alpha value is -0.170. The van der Waals surface area contributed by atoms with E-state index in [9.17, 15) is 8.42 Å². The van der Waals surface area contributed by atoms with E-state index in [1.165, 1.54) is 0 Å². The van der Waals surface area contributed by atoms with Crippen LogP contribution in [0.4, 0.5) is 0 Å². The van der Waals surface area contributed by atoms with Gasteiger partial charge in [-0.25, -0.2) is 0 Å². The van der Waals surface area contributed by atoms with Crippen LogP contribution in [-0.2, 0) is 10.2 Å². The Bertz CT molecular complexity index is 366. The highest BCUT2D eigenvalue weighted by molar-refractivity contribution is 7.87. The van der Waals surface area contributed by atoms with E-state index >= 15 is 0 Å². The van der Waals surface area contributed by atoms with E-state index in [2.05, 4.69) is 23.9 Å². The second-order valence-corrected chi connectivity index (χ2v) is 7.38. The standard InChI is InChI=1S/C12H25N3O2S/c1-10(2)13-9-12-5-3-4-8-15(12)18(16,17)14-11-6-7-11/h10-14H,3-9H2,1-2H3. The minimum Gasteiger partial charge on any atom is -0.313 e. The molecule has 2 N–H and O–H groups in total. The zero-order chi connectivity index (χ0) is 13.2. The third-order valence-electron chi connectivity index (χ3n) is 3.54. The lowest BCUT2D eigenvalue weighted by Crippen LogP contribution is -2.53. The summed E-state index contributed by atoms with van der Waals surface area (Å²) >= 11 is 0. The summed E-state index contributed by atoms with van der Waals surface area (Å²) in [6.45, 7) is 5.59. The Balaban J connectivity index is 1.97. The Kier molecular flexibility index (Phi) is 4.64. The SMILES string of the molecule is CC(C)NCC1CCCCN1S(=O)(=O)NC1CC1. The molecule has 0 aromatic rings. The molecule has 2 rings (SSSR count). The van der Waals surface area contributed by atoms with Gasteiger partial charge in [-0.3, -0.25) is 0 Å². The average Bonchev–Trinajstić information content (AvgIpc) is 3.10. The van der Waals surface area contributed by atoms with Crippen molar-refractivity contribution in [2.45, 2.75) is 64.1 Å². The summed E-state index contributed by atoms with van der Waals surface area (Å²) in [6.07, 6.45) is 5.04. The third-order valence-corrected chi connectivity index (χ3v) is 5.27. The minimum absolute atomic E-state index is 0.109. The van der Waals surface area contributed by atoms with Gasteiger partial charge in [-0.15, -0.1) is 0 Å². The van der Waals surface area contributed by atoms with Crippen LogP contribution in [0.2, 0.25) is 0 Å². The van der Waals surface area contributed by atoms with Crippen molar-refractivity contribution in [2.24, 2.45) is 0 Å². The van der Waals surface area contributed by atoms with Gasteiger partial charge in [0, 0.05) is 31.2 Å². The van der Waals surface area contributed by atoms with Crippen LogP contribution in [0, 0.1) is 0 Å². The molecule has 2 fully saturated rings. The van der Waals surface area contributed by atoms with E-state index in [1.54, 1.807) is 4.31 Å². The van der Waals surface area contributed by atoms with Crippen LogP contribution in [-0.4, -0.2) is 43.9 Å². The lowest BCUT2D eigenvalue weighted by Gasteiger charge is -2.35. The Morgan fingerprint density at radius 3 is 2.56 bits per heavy atom. The molecule has 106 valence electrons. The van der Waals surface area contributed by atoms with Crippen LogP contribution in [0.1, 0.15) is 46.0 Å². The molecular formula is C12H25N3O2S. The van der Waals surface area contributed by atoms with Gasteiger partial charge in [0.1, 0.15) is 0 Å². The van der Waals surface area contributed by atoms with Crippen molar-refractivity contribution in [1.29, 1.82) is 0 Å². The summed E-state index contributed by atoms with van der Waals surface area (Å²) in [5.74, 6) is 0. The molecule has 5 nitrogen and oxygen atoms in total. The van der Waals surface area contributed by atoms with Crippen LogP contribution in [0.15, 0.2) is 0 Å². The molecule has 0 amide bonds. The first-order chi connectivity index (χ1) is 8.49. The van der Waals surface area contributed by atoms with E-state index in [1.807, 2.05) is 0 Å². The monoisotopic (exact) mass is 275 g/mol. The lowest BCUT2D eigenvalue weighted by molar-refractivity contribution is 0.239. The highest BCUT2D eigenvalue weighted by atomic mass is 32.2. The number of hydrogen-bond donors (Lipinski definition) is 2. The first kappa shape index (κ1) is 14.2. The topological polar surface area (TPSA) is 61.4 Å². The summed E-state index contributed by atoms with van der Waals surface area (Å²) in [5.41, 5.74) is 0. The zero-order valence-corrected chi connectivity index (χ0v) is 12.2. The number of hydrogen-bond acceptors (Lipinski definition) is 3. The first-order valence-corrected chi connectivity index (χ1v) is 8.45. The van der Waals surface area contributed by atoms with Crippen molar-refractivity contribution >= 4 is 10.2 Å². The normalized spacial score (nSPS) is 26.7. The third kappa shape index (κ3) is 3.91. The minimum atomic E-state index is -3.27. The maximum absolute atomic E-state index is 12.3. The molecule has 6 heteroatoms. The summed E-state index contributed by atoms with van der Waals surface area (Å²) in [5, 5.41) is 3.35. The molecule has 0 spiro atoms. The van der Waals surface area contributed by atoms with Crippen molar-refractivity contribution in [2.75, 3.05) is 13.1 Å². The van der Waals surface area contributed by atoms with Crippen LogP contribution in [0.3, 0.4) is 0 Å². The van der Waals surface area contributed by atoms with Gasteiger partial charge in [-0.1, -0.05) is 20.3 Å². The molecule has 0 aromatic heterocycles. The van der Waals surface area contributed by atoms with E-state index in [-0.39, 0.29) is 12.1 Å². The Labute approximate surface area is 110 Å².